The molecule has 14 heavy (non-hydrogen) atoms. The minimum atomic E-state index is -3.24. The van der Waals surface area contributed by atoms with E-state index in [0.29, 0.717) is 19.6 Å². The number of nitrogens with zero attached hydrogens (tertiary/aromatic N) is 2. The molecule has 1 aromatic heterocycles. The van der Waals surface area contributed by atoms with Gasteiger partial charge in [0.25, 0.3) is 10.2 Å². The van der Waals surface area contributed by atoms with Crippen LogP contribution in [-0.4, -0.2) is 30.8 Å². The molecule has 0 aromatic carbocycles. The maximum atomic E-state index is 11.4. The van der Waals surface area contributed by atoms with E-state index >= 15 is 0 Å². The summed E-state index contributed by atoms with van der Waals surface area (Å²) in [5, 5.41) is 0. The number of rotatable bonds is 2. The molecule has 1 N–H and O–H groups in total. The van der Waals surface area contributed by atoms with Crippen molar-refractivity contribution >= 4 is 10.2 Å². The van der Waals surface area contributed by atoms with Crippen molar-refractivity contribution in [3.8, 4) is 0 Å². The SMILES string of the molecule is O=S1(=O)NCCN1Cc1ccccn1. The summed E-state index contributed by atoms with van der Waals surface area (Å²) >= 11 is 0. The second kappa shape index (κ2) is 3.64. The van der Waals surface area contributed by atoms with Gasteiger partial charge in [-0.1, -0.05) is 6.07 Å². The zero-order valence-corrected chi connectivity index (χ0v) is 8.37. The predicted molar refractivity (Wildman–Crippen MR) is 51.6 cm³/mol. The highest BCUT2D eigenvalue weighted by molar-refractivity contribution is 7.87. The van der Waals surface area contributed by atoms with Crippen LogP contribution >= 0.6 is 0 Å². The summed E-state index contributed by atoms with van der Waals surface area (Å²) < 4.78 is 26.5. The van der Waals surface area contributed by atoms with E-state index in [9.17, 15) is 8.42 Å². The first-order valence-corrected chi connectivity index (χ1v) is 5.77. The largest absolute Gasteiger partial charge is 0.279 e. The van der Waals surface area contributed by atoms with Crippen LogP contribution in [0.5, 0.6) is 0 Å². The van der Waals surface area contributed by atoms with Gasteiger partial charge >= 0.3 is 0 Å². The monoisotopic (exact) mass is 213 g/mol. The molecule has 1 aliphatic heterocycles. The molecule has 0 spiro atoms. The van der Waals surface area contributed by atoms with Gasteiger partial charge in [0.1, 0.15) is 0 Å². The first-order chi connectivity index (χ1) is 6.68. The third-order valence-corrected chi connectivity index (χ3v) is 3.61. The molecule has 6 heteroatoms. The van der Waals surface area contributed by atoms with E-state index < -0.39 is 10.2 Å². The second-order valence-electron chi connectivity index (χ2n) is 3.05. The standard InChI is InChI=1S/C8H11N3O2S/c12-14(13)10-5-6-11(14)7-8-3-1-2-4-9-8/h1-4,10H,5-7H2. The minimum Gasteiger partial charge on any atom is -0.260 e. The molecule has 2 rings (SSSR count). The molecule has 0 amide bonds. The lowest BCUT2D eigenvalue weighted by Gasteiger charge is -2.11. The lowest BCUT2D eigenvalue weighted by molar-refractivity contribution is 0.441. The van der Waals surface area contributed by atoms with Crippen molar-refractivity contribution in [1.29, 1.82) is 0 Å². The van der Waals surface area contributed by atoms with Crippen LogP contribution in [0.15, 0.2) is 24.4 Å². The second-order valence-corrected chi connectivity index (χ2v) is 4.81. The van der Waals surface area contributed by atoms with Gasteiger partial charge in [-0.2, -0.15) is 12.7 Å². The quantitative estimate of drug-likeness (QED) is 0.735. The smallest absolute Gasteiger partial charge is 0.260 e. The molecule has 0 aliphatic carbocycles. The highest BCUT2D eigenvalue weighted by atomic mass is 32.2. The summed E-state index contributed by atoms with van der Waals surface area (Å²) in [6.07, 6.45) is 1.66. The summed E-state index contributed by atoms with van der Waals surface area (Å²) in [6.45, 7) is 1.34. The fourth-order valence-corrected chi connectivity index (χ4v) is 2.51. The van der Waals surface area contributed by atoms with Gasteiger partial charge in [0.15, 0.2) is 0 Å². The van der Waals surface area contributed by atoms with E-state index in [0.717, 1.165) is 5.69 Å². The van der Waals surface area contributed by atoms with E-state index in [4.69, 9.17) is 0 Å². The van der Waals surface area contributed by atoms with Crippen LogP contribution in [0.2, 0.25) is 0 Å². The molecule has 1 fully saturated rings. The Balaban J connectivity index is 2.13. The Kier molecular flexibility index (Phi) is 2.49. The maximum absolute atomic E-state index is 11.4. The first-order valence-electron chi connectivity index (χ1n) is 4.33. The number of hydrogen-bond donors (Lipinski definition) is 1. The number of aromatic nitrogens is 1. The Bertz CT molecular complexity index is 404. The molecular weight excluding hydrogens is 202 g/mol. The van der Waals surface area contributed by atoms with E-state index in [1.807, 2.05) is 12.1 Å². The van der Waals surface area contributed by atoms with E-state index in [-0.39, 0.29) is 0 Å². The highest BCUT2D eigenvalue weighted by Gasteiger charge is 2.27. The van der Waals surface area contributed by atoms with Crippen LogP contribution in [0.25, 0.3) is 0 Å². The summed E-state index contributed by atoms with van der Waals surface area (Å²) in [6, 6.07) is 5.46. The van der Waals surface area contributed by atoms with Gasteiger partial charge in [0.05, 0.1) is 12.2 Å². The summed E-state index contributed by atoms with van der Waals surface area (Å²) in [4.78, 5) is 4.07. The van der Waals surface area contributed by atoms with Crippen molar-refractivity contribution in [3.05, 3.63) is 30.1 Å². The molecule has 0 unspecified atom stereocenters. The average molecular weight is 213 g/mol. The van der Waals surface area contributed by atoms with Crippen LogP contribution in [0.4, 0.5) is 0 Å². The number of hydrogen-bond acceptors (Lipinski definition) is 3. The third kappa shape index (κ3) is 1.92. The highest BCUT2D eigenvalue weighted by Crippen LogP contribution is 2.08. The average Bonchev–Trinajstić information content (AvgIpc) is 2.48. The van der Waals surface area contributed by atoms with Gasteiger partial charge in [0, 0.05) is 19.3 Å². The number of nitrogens with one attached hydrogen (secondary N) is 1. The minimum absolute atomic E-state index is 0.343. The van der Waals surface area contributed by atoms with Crippen LogP contribution in [0, 0.1) is 0 Å². The summed E-state index contributed by atoms with van der Waals surface area (Å²) in [5.41, 5.74) is 0.764. The van der Waals surface area contributed by atoms with Crippen molar-refractivity contribution in [2.24, 2.45) is 0 Å². The third-order valence-electron chi connectivity index (χ3n) is 2.05. The lowest BCUT2D eigenvalue weighted by Crippen LogP contribution is -2.29. The van der Waals surface area contributed by atoms with Crippen molar-refractivity contribution in [2.45, 2.75) is 6.54 Å². The summed E-state index contributed by atoms with van der Waals surface area (Å²) in [5.74, 6) is 0. The Labute approximate surface area is 82.9 Å². The zero-order valence-electron chi connectivity index (χ0n) is 7.55. The molecule has 0 saturated carbocycles. The lowest BCUT2D eigenvalue weighted by atomic mass is 10.3. The Hall–Kier alpha value is -0.980. The fourth-order valence-electron chi connectivity index (χ4n) is 1.35. The van der Waals surface area contributed by atoms with Gasteiger partial charge in [0.2, 0.25) is 0 Å². The normalized spacial score (nSPS) is 21.1. The van der Waals surface area contributed by atoms with Crippen molar-refractivity contribution < 1.29 is 8.42 Å². The van der Waals surface area contributed by atoms with Crippen molar-refractivity contribution in [2.75, 3.05) is 13.1 Å². The first kappa shape index (κ1) is 9.57. The van der Waals surface area contributed by atoms with E-state index in [2.05, 4.69) is 9.71 Å². The van der Waals surface area contributed by atoms with Gasteiger partial charge in [-0.25, -0.2) is 4.72 Å². The van der Waals surface area contributed by atoms with Crippen LogP contribution < -0.4 is 4.72 Å². The van der Waals surface area contributed by atoms with Crippen LogP contribution in [0.3, 0.4) is 0 Å². The molecule has 1 aromatic rings. The molecule has 2 heterocycles. The molecule has 76 valence electrons. The molecule has 0 radical (unpaired) electrons. The molecule has 0 atom stereocenters. The topological polar surface area (TPSA) is 62.3 Å². The van der Waals surface area contributed by atoms with Crippen molar-refractivity contribution in [3.63, 3.8) is 0 Å². The fraction of sp³-hybridized carbons (Fsp3) is 0.375. The maximum Gasteiger partial charge on any atom is 0.279 e. The van der Waals surface area contributed by atoms with Gasteiger partial charge in [-0.05, 0) is 12.1 Å². The van der Waals surface area contributed by atoms with Crippen LogP contribution in [-0.2, 0) is 16.8 Å². The van der Waals surface area contributed by atoms with E-state index in [1.165, 1.54) is 4.31 Å². The molecule has 1 saturated heterocycles. The zero-order chi connectivity index (χ0) is 10.0. The Morgan fingerprint density at radius 1 is 1.50 bits per heavy atom. The molecular formula is C8H11N3O2S. The molecule has 5 nitrogen and oxygen atoms in total. The van der Waals surface area contributed by atoms with Gasteiger partial charge in [-0.15, -0.1) is 0 Å². The van der Waals surface area contributed by atoms with Crippen LogP contribution in [0.1, 0.15) is 5.69 Å². The van der Waals surface area contributed by atoms with E-state index in [1.54, 1.807) is 12.3 Å². The van der Waals surface area contributed by atoms with Gasteiger partial charge in [-0.3, -0.25) is 4.98 Å². The molecule has 1 aliphatic rings. The predicted octanol–water partition coefficient (Wildman–Crippen LogP) is -0.268. The Morgan fingerprint density at radius 2 is 2.36 bits per heavy atom. The molecule has 0 bridgehead atoms. The number of pyridine rings is 1. The van der Waals surface area contributed by atoms with Gasteiger partial charge < -0.3 is 0 Å². The van der Waals surface area contributed by atoms with Crippen molar-refractivity contribution in [1.82, 2.24) is 14.0 Å². The Morgan fingerprint density at radius 3 is 2.93 bits per heavy atom. The summed E-state index contributed by atoms with van der Waals surface area (Å²) in [7, 11) is -3.24.